The number of rotatable bonds is 5. The van der Waals surface area contributed by atoms with Gasteiger partial charge in [-0.1, -0.05) is 23.8 Å². The average molecular weight is 399 g/mol. The molecule has 28 heavy (non-hydrogen) atoms. The van der Waals surface area contributed by atoms with Gasteiger partial charge in [0.2, 0.25) is 0 Å². The van der Waals surface area contributed by atoms with Crippen LogP contribution in [-0.2, 0) is 0 Å². The Hall–Kier alpha value is -2.11. The standard InChI is InChI=1S/C22H27ClN4O/c23-19-8-6-18(7-9-19)22(28)25-21-10-13-24-27(21)20-11-14-26(15-12-20)16-17-4-2-1-3-5-17/h1-2,6-10,13,17,20H,3-5,11-12,14-16H2,(H,25,28). The van der Waals surface area contributed by atoms with E-state index in [2.05, 4.69) is 27.5 Å². The number of carbonyl (C=O) groups is 1. The van der Waals surface area contributed by atoms with Crippen molar-refractivity contribution in [3.8, 4) is 0 Å². The Balaban J connectivity index is 1.33. The molecule has 5 nitrogen and oxygen atoms in total. The molecule has 1 aliphatic carbocycles. The second-order valence-corrected chi connectivity index (χ2v) is 8.24. The third-order valence-electron chi connectivity index (χ3n) is 5.82. The Morgan fingerprint density at radius 1 is 1.11 bits per heavy atom. The molecular weight excluding hydrogens is 372 g/mol. The summed E-state index contributed by atoms with van der Waals surface area (Å²) in [5.74, 6) is 1.43. The number of nitrogens with zero attached hydrogens (tertiary/aromatic N) is 3. The van der Waals surface area contributed by atoms with Crippen molar-refractivity contribution in [3.63, 3.8) is 0 Å². The molecule has 0 bridgehead atoms. The number of hydrogen-bond donors (Lipinski definition) is 1. The summed E-state index contributed by atoms with van der Waals surface area (Å²) in [6.45, 7) is 3.39. The van der Waals surface area contributed by atoms with Crippen molar-refractivity contribution in [1.82, 2.24) is 14.7 Å². The molecule has 6 heteroatoms. The van der Waals surface area contributed by atoms with Crippen LogP contribution in [0.15, 0.2) is 48.7 Å². The summed E-state index contributed by atoms with van der Waals surface area (Å²) in [5, 5.41) is 8.12. The number of likely N-dealkylation sites (tertiary alicyclic amines) is 1. The SMILES string of the molecule is O=C(Nc1ccnn1C1CCN(CC2CC=CCC2)CC1)c1ccc(Cl)cc1. The monoisotopic (exact) mass is 398 g/mol. The molecule has 1 N–H and O–H groups in total. The molecule has 1 fully saturated rings. The van der Waals surface area contributed by atoms with E-state index in [0.29, 0.717) is 16.6 Å². The third-order valence-corrected chi connectivity index (χ3v) is 6.07. The lowest BCUT2D eigenvalue weighted by Gasteiger charge is -2.35. The molecule has 1 atom stereocenters. The first-order valence-corrected chi connectivity index (χ1v) is 10.5. The van der Waals surface area contributed by atoms with Gasteiger partial charge in [-0.25, -0.2) is 4.68 Å². The van der Waals surface area contributed by atoms with Crippen LogP contribution in [0.3, 0.4) is 0 Å². The first kappa shape index (κ1) is 19.2. The number of hydrogen-bond acceptors (Lipinski definition) is 3. The van der Waals surface area contributed by atoms with E-state index in [1.165, 1.54) is 25.8 Å². The number of anilines is 1. The van der Waals surface area contributed by atoms with Crippen molar-refractivity contribution in [2.75, 3.05) is 25.0 Å². The van der Waals surface area contributed by atoms with E-state index in [0.717, 1.165) is 37.7 Å². The van der Waals surface area contributed by atoms with Crippen LogP contribution in [0.4, 0.5) is 5.82 Å². The molecule has 1 aromatic carbocycles. The summed E-state index contributed by atoms with van der Waals surface area (Å²) in [6.07, 6.45) is 12.3. The summed E-state index contributed by atoms with van der Waals surface area (Å²) in [7, 11) is 0. The van der Waals surface area contributed by atoms with Crippen molar-refractivity contribution in [2.24, 2.45) is 5.92 Å². The third kappa shape index (κ3) is 4.65. The van der Waals surface area contributed by atoms with Gasteiger partial charge in [0.25, 0.3) is 5.91 Å². The van der Waals surface area contributed by atoms with Crippen LogP contribution in [0.25, 0.3) is 0 Å². The molecule has 1 amide bonds. The molecule has 2 heterocycles. The van der Waals surface area contributed by atoms with Gasteiger partial charge >= 0.3 is 0 Å². The molecule has 1 unspecified atom stereocenters. The summed E-state index contributed by atoms with van der Waals surface area (Å²) in [5.41, 5.74) is 0.591. The highest BCUT2D eigenvalue weighted by atomic mass is 35.5. The van der Waals surface area contributed by atoms with E-state index in [-0.39, 0.29) is 5.91 Å². The molecule has 0 spiro atoms. The van der Waals surface area contributed by atoms with E-state index in [9.17, 15) is 4.79 Å². The van der Waals surface area contributed by atoms with Crippen molar-refractivity contribution in [1.29, 1.82) is 0 Å². The van der Waals surface area contributed by atoms with Gasteiger partial charge in [0.1, 0.15) is 5.82 Å². The molecule has 2 aliphatic rings. The molecule has 1 saturated heterocycles. The minimum absolute atomic E-state index is 0.138. The van der Waals surface area contributed by atoms with Crippen LogP contribution in [-0.4, -0.2) is 40.2 Å². The minimum Gasteiger partial charge on any atom is -0.307 e. The zero-order valence-corrected chi connectivity index (χ0v) is 16.8. The van der Waals surface area contributed by atoms with Crippen LogP contribution in [0.2, 0.25) is 5.02 Å². The van der Waals surface area contributed by atoms with Crippen LogP contribution >= 0.6 is 11.6 Å². The van der Waals surface area contributed by atoms with E-state index >= 15 is 0 Å². The van der Waals surface area contributed by atoms with Gasteiger partial charge in [0.05, 0.1) is 12.2 Å². The van der Waals surface area contributed by atoms with Crippen molar-refractivity contribution < 1.29 is 4.79 Å². The fourth-order valence-corrected chi connectivity index (χ4v) is 4.35. The number of allylic oxidation sites excluding steroid dienone is 2. The Bertz CT molecular complexity index is 821. The zero-order chi connectivity index (χ0) is 19.3. The summed E-state index contributed by atoms with van der Waals surface area (Å²) in [4.78, 5) is 15.1. The lowest BCUT2D eigenvalue weighted by molar-refractivity contribution is 0.102. The Labute approximate surface area is 171 Å². The number of benzene rings is 1. The molecule has 0 saturated carbocycles. The normalized spacial score (nSPS) is 21.0. The Morgan fingerprint density at radius 2 is 1.89 bits per heavy atom. The largest absolute Gasteiger partial charge is 0.307 e. The number of halogens is 1. The van der Waals surface area contributed by atoms with Crippen molar-refractivity contribution in [2.45, 2.75) is 38.1 Å². The van der Waals surface area contributed by atoms with E-state index in [4.69, 9.17) is 11.6 Å². The first-order valence-electron chi connectivity index (χ1n) is 10.2. The topological polar surface area (TPSA) is 50.2 Å². The molecule has 148 valence electrons. The minimum atomic E-state index is -0.138. The second kappa shape index (κ2) is 8.93. The maximum absolute atomic E-state index is 12.5. The molecule has 4 rings (SSSR count). The lowest BCUT2D eigenvalue weighted by Crippen LogP contribution is -2.38. The summed E-state index contributed by atoms with van der Waals surface area (Å²) >= 11 is 5.91. The Morgan fingerprint density at radius 3 is 2.61 bits per heavy atom. The second-order valence-electron chi connectivity index (χ2n) is 7.80. The fraction of sp³-hybridized carbons (Fsp3) is 0.455. The number of aromatic nitrogens is 2. The predicted molar refractivity (Wildman–Crippen MR) is 113 cm³/mol. The van der Waals surface area contributed by atoms with Gasteiger partial charge in [0.15, 0.2) is 0 Å². The quantitative estimate of drug-likeness (QED) is 0.737. The number of nitrogens with one attached hydrogen (secondary N) is 1. The lowest BCUT2D eigenvalue weighted by atomic mass is 9.93. The number of piperidine rings is 1. The van der Waals surface area contributed by atoms with Crippen LogP contribution < -0.4 is 5.32 Å². The summed E-state index contributed by atoms with van der Waals surface area (Å²) < 4.78 is 1.98. The van der Waals surface area contributed by atoms with E-state index in [1.54, 1.807) is 30.5 Å². The van der Waals surface area contributed by atoms with Crippen LogP contribution in [0.5, 0.6) is 0 Å². The zero-order valence-electron chi connectivity index (χ0n) is 16.1. The van der Waals surface area contributed by atoms with Crippen molar-refractivity contribution >= 4 is 23.3 Å². The summed E-state index contributed by atoms with van der Waals surface area (Å²) in [6, 6.07) is 9.12. The molecule has 0 radical (unpaired) electrons. The molecule has 1 aliphatic heterocycles. The smallest absolute Gasteiger partial charge is 0.256 e. The molecule has 2 aromatic rings. The molecule has 1 aromatic heterocycles. The maximum Gasteiger partial charge on any atom is 0.256 e. The van der Waals surface area contributed by atoms with E-state index < -0.39 is 0 Å². The number of carbonyl (C=O) groups excluding carboxylic acids is 1. The van der Waals surface area contributed by atoms with Gasteiger partial charge in [-0.05, 0) is 62.3 Å². The van der Waals surface area contributed by atoms with Gasteiger partial charge in [0, 0.05) is 36.3 Å². The molecular formula is C22H27ClN4O. The van der Waals surface area contributed by atoms with Gasteiger partial charge in [-0.15, -0.1) is 0 Å². The first-order chi connectivity index (χ1) is 13.7. The van der Waals surface area contributed by atoms with E-state index in [1.807, 2.05) is 10.7 Å². The average Bonchev–Trinajstić information content (AvgIpc) is 3.18. The number of amides is 1. The van der Waals surface area contributed by atoms with Crippen molar-refractivity contribution in [3.05, 3.63) is 59.3 Å². The van der Waals surface area contributed by atoms with Crippen LogP contribution in [0, 0.1) is 5.92 Å². The highest BCUT2D eigenvalue weighted by Gasteiger charge is 2.25. The predicted octanol–water partition coefficient (Wildman–Crippen LogP) is 4.78. The fourth-order valence-electron chi connectivity index (χ4n) is 4.23. The Kier molecular flexibility index (Phi) is 6.13. The maximum atomic E-state index is 12.5. The highest BCUT2D eigenvalue weighted by Crippen LogP contribution is 2.27. The highest BCUT2D eigenvalue weighted by molar-refractivity contribution is 6.30. The van der Waals surface area contributed by atoms with Gasteiger partial charge < -0.3 is 10.2 Å². The van der Waals surface area contributed by atoms with Crippen LogP contribution in [0.1, 0.15) is 48.5 Å². The van der Waals surface area contributed by atoms with Gasteiger partial charge in [-0.3, -0.25) is 4.79 Å². The van der Waals surface area contributed by atoms with Gasteiger partial charge in [-0.2, -0.15) is 5.10 Å².